The monoisotopic (exact) mass is 432 g/mol. The molecule has 0 unspecified atom stereocenters. The fourth-order valence-electron chi connectivity index (χ4n) is 2.74. The second-order valence-electron chi connectivity index (χ2n) is 7.14. The molecule has 0 saturated carbocycles. The number of rotatable bonds is 8. The molecule has 0 bridgehead atoms. The summed E-state index contributed by atoms with van der Waals surface area (Å²) in [6.45, 7) is 4.74. The van der Waals surface area contributed by atoms with Crippen LogP contribution in [0.2, 0.25) is 0 Å². The highest BCUT2D eigenvalue weighted by molar-refractivity contribution is 7.90. The van der Waals surface area contributed by atoms with Crippen LogP contribution in [0.25, 0.3) is 10.2 Å². The van der Waals surface area contributed by atoms with E-state index in [1.54, 1.807) is 12.1 Å². The summed E-state index contributed by atoms with van der Waals surface area (Å²) < 4.78 is 29.7. The third-order valence-electron chi connectivity index (χ3n) is 4.40. The van der Waals surface area contributed by atoms with Crippen LogP contribution < -0.4 is 10.1 Å². The van der Waals surface area contributed by atoms with Crippen molar-refractivity contribution in [3.05, 3.63) is 48.0 Å². The first kappa shape index (κ1) is 21.3. The molecular formula is C21H24N2O4S2. The molecule has 0 saturated heterocycles. The number of nitrogens with one attached hydrogen (secondary N) is 1. The minimum atomic E-state index is -3.28. The van der Waals surface area contributed by atoms with E-state index in [2.05, 4.69) is 36.3 Å². The summed E-state index contributed by atoms with van der Waals surface area (Å²) >= 11 is 1.26. The number of nitrogens with zero attached hydrogens (tertiary/aromatic N) is 1. The average molecular weight is 433 g/mol. The molecule has 29 heavy (non-hydrogen) atoms. The number of carbonyl (C=O) groups excluding carboxylic acids is 1. The van der Waals surface area contributed by atoms with Crippen LogP contribution >= 0.6 is 11.3 Å². The van der Waals surface area contributed by atoms with Crippen molar-refractivity contribution in [2.24, 2.45) is 0 Å². The quantitative estimate of drug-likeness (QED) is 0.525. The number of hydrogen-bond donors (Lipinski definition) is 1. The second-order valence-corrected chi connectivity index (χ2v) is 10.2. The van der Waals surface area contributed by atoms with Crippen molar-refractivity contribution < 1.29 is 17.9 Å². The molecule has 1 amide bonds. The van der Waals surface area contributed by atoms with Gasteiger partial charge < -0.3 is 10.1 Å². The van der Waals surface area contributed by atoms with Crippen molar-refractivity contribution in [3.8, 4) is 5.75 Å². The Morgan fingerprint density at radius 2 is 1.90 bits per heavy atom. The molecule has 0 aliphatic carbocycles. The van der Waals surface area contributed by atoms with Gasteiger partial charge in [-0.2, -0.15) is 0 Å². The van der Waals surface area contributed by atoms with Gasteiger partial charge in [0.05, 0.1) is 21.7 Å². The summed E-state index contributed by atoms with van der Waals surface area (Å²) in [6.07, 6.45) is 2.06. The minimum absolute atomic E-state index is 0.147. The highest BCUT2D eigenvalue weighted by Crippen LogP contribution is 2.28. The summed E-state index contributed by atoms with van der Waals surface area (Å²) in [7, 11) is -3.28. The molecule has 0 aliphatic rings. The maximum atomic E-state index is 12.2. The van der Waals surface area contributed by atoms with E-state index in [1.165, 1.54) is 29.2 Å². The molecule has 8 heteroatoms. The smallest absolute Gasteiger partial charge is 0.226 e. The first-order valence-corrected chi connectivity index (χ1v) is 12.1. The number of carbonyl (C=O) groups is 1. The first-order chi connectivity index (χ1) is 13.7. The molecule has 1 heterocycles. The van der Waals surface area contributed by atoms with Crippen LogP contribution in [0.1, 0.15) is 38.2 Å². The van der Waals surface area contributed by atoms with Crippen molar-refractivity contribution in [1.82, 2.24) is 4.98 Å². The lowest BCUT2D eigenvalue weighted by atomic mass is 10.0. The molecule has 0 spiro atoms. The topological polar surface area (TPSA) is 85.4 Å². The largest absolute Gasteiger partial charge is 0.494 e. The maximum Gasteiger partial charge on any atom is 0.226 e. The Bertz CT molecular complexity index is 1100. The number of anilines is 1. The lowest BCUT2D eigenvalue weighted by Crippen LogP contribution is -2.12. The number of sulfone groups is 1. The van der Waals surface area contributed by atoms with Gasteiger partial charge >= 0.3 is 0 Å². The Labute approximate surface area is 174 Å². The molecular weight excluding hydrogens is 408 g/mol. The molecule has 0 radical (unpaired) electrons. The van der Waals surface area contributed by atoms with Crippen molar-refractivity contribution in [2.45, 2.75) is 37.5 Å². The van der Waals surface area contributed by atoms with Crippen molar-refractivity contribution >= 4 is 42.4 Å². The molecule has 0 atom stereocenters. The number of ether oxygens (including phenoxy) is 1. The highest BCUT2D eigenvalue weighted by Gasteiger charge is 2.12. The lowest BCUT2D eigenvalue weighted by molar-refractivity contribution is -0.116. The van der Waals surface area contributed by atoms with Crippen molar-refractivity contribution in [2.75, 3.05) is 18.2 Å². The SMILES string of the molecule is CC(C)c1ccc(OCCCC(=O)Nc2nc3ccc(S(C)(=O)=O)cc3s2)cc1. The van der Waals surface area contributed by atoms with E-state index < -0.39 is 9.84 Å². The zero-order chi connectivity index (χ0) is 21.0. The van der Waals surface area contributed by atoms with Crippen LogP contribution in [0.5, 0.6) is 5.75 Å². The molecule has 3 rings (SSSR count). The van der Waals surface area contributed by atoms with E-state index in [-0.39, 0.29) is 10.8 Å². The normalized spacial score (nSPS) is 11.7. The van der Waals surface area contributed by atoms with Gasteiger partial charge in [-0.25, -0.2) is 13.4 Å². The van der Waals surface area contributed by atoms with Crippen LogP contribution in [0.4, 0.5) is 5.13 Å². The van der Waals surface area contributed by atoms with E-state index in [0.29, 0.717) is 36.0 Å². The second kappa shape index (κ2) is 8.92. The summed E-state index contributed by atoms with van der Waals surface area (Å²) in [6, 6.07) is 12.7. The lowest BCUT2D eigenvalue weighted by Gasteiger charge is -2.08. The van der Waals surface area contributed by atoms with Crippen molar-refractivity contribution in [3.63, 3.8) is 0 Å². The molecule has 0 aliphatic heterocycles. The fourth-order valence-corrected chi connectivity index (χ4v) is 4.39. The highest BCUT2D eigenvalue weighted by atomic mass is 32.2. The summed E-state index contributed by atoms with van der Waals surface area (Å²) in [5, 5.41) is 3.23. The van der Waals surface area contributed by atoms with Gasteiger partial charge in [0.15, 0.2) is 15.0 Å². The molecule has 3 aromatic rings. The van der Waals surface area contributed by atoms with Gasteiger partial charge in [-0.1, -0.05) is 37.3 Å². The number of benzene rings is 2. The van der Waals surface area contributed by atoms with E-state index in [9.17, 15) is 13.2 Å². The maximum absolute atomic E-state index is 12.2. The van der Waals surface area contributed by atoms with Gasteiger partial charge in [0, 0.05) is 12.7 Å². The first-order valence-electron chi connectivity index (χ1n) is 9.35. The predicted molar refractivity (Wildman–Crippen MR) is 117 cm³/mol. The number of amides is 1. The third-order valence-corrected chi connectivity index (χ3v) is 6.44. The van der Waals surface area contributed by atoms with Crippen molar-refractivity contribution in [1.29, 1.82) is 0 Å². The minimum Gasteiger partial charge on any atom is -0.494 e. The Morgan fingerprint density at radius 3 is 2.55 bits per heavy atom. The van der Waals surface area contributed by atoms with Crippen LogP contribution in [0, 0.1) is 0 Å². The number of thiazole rings is 1. The average Bonchev–Trinajstić information content (AvgIpc) is 3.06. The fraction of sp³-hybridized carbons (Fsp3) is 0.333. The summed E-state index contributed by atoms with van der Waals surface area (Å²) in [5.74, 6) is 1.13. The number of aromatic nitrogens is 1. The van der Waals surface area contributed by atoms with E-state index in [0.717, 1.165) is 10.4 Å². The van der Waals surface area contributed by atoms with Crippen LogP contribution in [0.3, 0.4) is 0 Å². The van der Waals surface area contributed by atoms with Crippen LogP contribution in [0.15, 0.2) is 47.4 Å². The Balaban J connectivity index is 1.49. The molecule has 0 fully saturated rings. The Morgan fingerprint density at radius 1 is 1.17 bits per heavy atom. The molecule has 1 aromatic heterocycles. The van der Waals surface area contributed by atoms with Gasteiger partial charge in [-0.05, 0) is 48.2 Å². The summed E-state index contributed by atoms with van der Waals surface area (Å²) in [5.41, 5.74) is 1.92. The van der Waals surface area contributed by atoms with E-state index >= 15 is 0 Å². The third kappa shape index (κ3) is 5.77. The predicted octanol–water partition coefficient (Wildman–Crippen LogP) is 4.62. The summed E-state index contributed by atoms with van der Waals surface area (Å²) in [4.78, 5) is 16.7. The van der Waals surface area contributed by atoms with E-state index in [4.69, 9.17) is 4.74 Å². The van der Waals surface area contributed by atoms with Crippen LogP contribution in [-0.4, -0.2) is 32.2 Å². The molecule has 1 N–H and O–H groups in total. The zero-order valence-electron chi connectivity index (χ0n) is 16.6. The van der Waals surface area contributed by atoms with Gasteiger partial charge in [-0.3, -0.25) is 4.79 Å². The van der Waals surface area contributed by atoms with Gasteiger partial charge in [-0.15, -0.1) is 0 Å². The van der Waals surface area contributed by atoms with Gasteiger partial charge in [0.1, 0.15) is 5.75 Å². The number of fused-ring (bicyclic) bond motifs is 1. The number of hydrogen-bond acceptors (Lipinski definition) is 6. The van der Waals surface area contributed by atoms with Crippen LogP contribution in [-0.2, 0) is 14.6 Å². The van der Waals surface area contributed by atoms with Gasteiger partial charge in [0.2, 0.25) is 5.91 Å². The molecule has 6 nitrogen and oxygen atoms in total. The van der Waals surface area contributed by atoms with Gasteiger partial charge in [0.25, 0.3) is 0 Å². The van der Waals surface area contributed by atoms with E-state index in [1.807, 2.05) is 12.1 Å². The molecule has 154 valence electrons. The standard InChI is InChI=1S/C21H24N2O4S2/c1-14(2)15-6-8-16(9-7-15)27-12-4-5-20(24)23-21-22-18-11-10-17(29(3,25)26)13-19(18)28-21/h6-11,13-14H,4-5,12H2,1-3H3,(H,22,23,24). The Kier molecular flexibility index (Phi) is 6.54. The Hall–Kier alpha value is -2.45. The zero-order valence-corrected chi connectivity index (χ0v) is 18.3. The molecule has 2 aromatic carbocycles.